The molecule has 0 saturated heterocycles. The van der Waals surface area contributed by atoms with Crippen molar-refractivity contribution in [1.82, 2.24) is 9.97 Å². The van der Waals surface area contributed by atoms with Crippen molar-refractivity contribution in [1.29, 1.82) is 0 Å². The molecule has 0 aliphatic heterocycles. The molecule has 3 nitrogen and oxygen atoms in total. The van der Waals surface area contributed by atoms with Crippen molar-refractivity contribution < 1.29 is 0 Å². The number of halogens is 1. The number of rotatable bonds is 3. The van der Waals surface area contributed by atoms with E-state index in [9.17, 15) is 0 Å². The van der Waals surface area contributed by atoms with Gasteiger partial charge < -0.3 is 5.32 Å². The summed E-state index contributed by atoms with van der Waals surface area (Å²) < 4.78 is 0. The van der Waals surface area contributed by atoms with Crippen molar-refractivity contribution in [2.45, 2.75) is 24.6 Å². The van der Waals surface area contributed by atoms with Gasteiger partial charge in [0.15, 0.2) is 0 Å². The second kappa shape index (κ2) is 5.11. The van der Waals surface area contributed by atoms with Gasteiger partial charge >= 0.3 is 0 Å². The molecule has 1 saturated carbocycles. The lowest BCUT2D eigenvalue weighted by Crippen LogP contribution is -2.19. The van der Waals surface area contributed by atoms with E-state index in [0.717, 1.165) is 29.7 Å². The van der Waals surface area contributed by atoms with Gasteiger partial charge in [0.05, 0.1) is 5.52 Å². The van der Waals surface area contributed by atoms with Crippen LogP contribution < -0.4 is 5.32 Å². The molecule has 1 N–H and O–H groups in total. The zero-order valence-corrected chi connectivity index (χ0v) is 10.9. The third kappa shape index (κ3) is 2.27. The second-order valence-electron chi connectivity index (χ2n) is 4.83. The number of hydrogen-bond acceptors (Lipinski definition) is 3. The smallest absolute Gasteiger partial charge is 0.137 e. The van der Waals surface area contributed by atoms with Gasteiger partial charge in [-0.3, -0.25) is 0 Å². The molecule has 3 rings (SSSR count). The molecule has 94 valence electrons. The highest BCUT2D eigenvalue weighted by molar-refractivity contribution is 6.21. The topological polar surface area (TPSA) is 37.8 Å². The van der Waals surface area contributed by atoms with E-state index < -0.39 is 0 Å². The van der Waals surface area contributed by atoms with Crippen molar-refractivity contribution in [2.24, 2.45) is 5.92 Å². The summed E-state index contributed by atoms with van der Waals surface area (Å²) in [6.45, 7) is 0.898. The molecule has 18 heavy (non-hydrogen) atoms. The summed E-state index contributed by atoms with van der Waals surface area (Å²) in [5, 5.41) is 4.81. The van der Waals surface area contributed by atoms with E-state index in [0.29, 0.717) is 11.3 Å². The number of para-hydroxylation sites is 1. The van der Waals surface area contributed by atoms with Crippen LogP contribution in [0, 0.1) is 5.92 Å². The summed E-state index contributed by atoms with van der Waals surface area (Å²) in [6.07, 6.45) is 5.20. The molecule has 1 aromatic heterocycles. The van der Waals surface area contributed by atoms with E-state index in [1.165, 1.54) is 12.8 Å². The Balaban J connectivity index is 1.78. The average molecular weight is 262 g/mol. The van der Waals surface area contributed by atoms with Crippen LogP contribution in [0.1, 0.15) is 19.3 Å². The molecule has 0 spiro atoms. The monoisotopic (exact) mass is 261 g/mol. The van der Waals surface area contributed by atoms with E-state index in [1.54, 1.807) is 6.33 Å². The van der Waals surface area contributed by atoms with Gasteiger partial charge in [-0.2, -0.15) is 0 Å². The van der Waals surface area contributed by atoms with E-state index in [-0.39, 0.29) is 0 Å². The van der Waals surface area contributed by atoms with Crippen LogP contribution in [0.5, 0.6) is 0 Å². The van der Waals surface area contributed by atoms with Crippen LogP contribution in [0.25, 0.3) is 10.9 Å². The Morgan fingerprint density at radius 1 is 1.22 bits per heavy atom. The Morgan fingerprint density at radius 3 is 2.94 bits per heavy atom. The van der Waals surface area contributed by atoms with E-state index >= 15 is 0 Å². The standard InChI is InChI=1S/C14H16ClN3/c15-12-6-3-4-10(12)8-16-14-11-5-1-2-7-13(11)17-9-18-14/h1-2,5,7,9-10,12H,3-4,6,8H2,(H,16,17,18). The Morgan fingerprint density at radius 2 is 2.11 bits per heavy atom. The molecular weight excluding hydrogens is 246 g/mol. The van der Waals surface area contributed by atoms with Crippen LogP contribution in [0.4, 0.5) is 5.82 Å². The van der Waals surface area contributed by atoms with E-state index in [1.807, 2.05) is 24.3 Å². The number of benzene rings is 1. The molecule has 0 bridgehead atoms. The highest BCUT2D eigenvalue weighted by Crippen LogP contribution is 2.30. The number of aromatic nitrogens is 2. The molecule has 1 aliphatic carbocycles. The molecule has 2 aromatic rings. The van der Waals surface area contributed by atoms with Crippen LogP contribution >= 0.6 is 11.6 Å². The molecule has 1 aromatic carbocycles. The highest BCUT2D eigenvalue weighted by atomic mass is 35.5. The maximum absolute atomic E-state index is 6.29. The first kappa shape index (κ1) is 11.7. The summed E-state index contributed by atoms with van der Waals surface area (Å²) in [5.74, 6) is 1.47. The summed E-state index contributed by atoms with van der Waals surface area (Å²) in [6, 6.07) is 8.05. The number of hydrogen-bond donors (Lipinski definition) is 1. The molecule has 2 unspecified atom stereocenters. The molecule has 0 radical (unpaired) electrons. The van der Waals surface area contributed by atoms with Gasteiger partial charge in [-0.15, -0.1) is 11.6 Å². The fourth-order valence-electron chi connectivity index (χ4n) is 2.59. The predicted octanol–water partition coefficient (Wildman–Crippen LogP) is 3.45. The molecule has 1 aliphatic rings. The Labute approximate surface area is 112 Å². The van der Waals surface area contributed by atoms with Gasteiger partial charge in [0, 0.05) is 17.3 Å². The molecule has 2 atom stereocenters. The van der Waals surface area contributed by atoms with Gasteiger partial charge in [-0.05, 0) is 30.9 Å². The predicted molar refractivity (Wildman–Crippen MR) is 75.0 cm³/mol. The van der Waals surface area contributed by atoms with Crippen molar-refractivity contribution in [3.8, 4) is 0 Å². The first-order valence-electron chi connectivity index (χ1n) is 6.42. The normalized spacial score (nSPS) is 23.4. The van der Waals surface area contributed by atoms with Crippen LogP contribution in [0.2, 0.25) is 0 Å². The molecule has 0 amide bonds. The average Bonchev–Trinajstić information content (AvgIpc) is 2.82. The summed E-state index contributed by atoms with van der Waals surface area (Å²) in [5.41, 5.74) is 0.976. The fourth-order valence-corrected chi connectivity index (χ4v) is 2.96. The Kier molecular flexibility index (Phi) is 3.33. The van der Waals surface area contributed by atoms with Crippen molar-refractivity contribution in [3.63, 3.8) is 0 Å². The molecular formula is C14H16ClN3. The molecule has 1 fully saturated rings. The van der Waals surface area contributed by atoms with Gasteiger partial charge in [-0.25, -0.2) is 9.97 Å². The zero-order valence-electron chi connectivity index (χ0n) is 10.1. The first-order valence-corrected chi connectivity index (χ1v) is 6.86. The summed E-state index contributed by atoms with van der Waals surface area (Å²) in [4.78, 5) is 8.59. The largest absolute Gasteiger partial charge is 0.369 e. The minimum absolute atomic E-state index is 0.311. The van der Waals surface area contributed by atoms with Crippen molar-refractivity contribution in [3.05, 3.63) is 30.6 Å². The van der Waals surface area contributed by atoms with Crippen molar-refractivity contribution >= 4 is 28.3 Å². The number of nitrogens with one attached hydrogen (secondary N) is 1. The fraction of sp³-hybridized carbons (Fsp3) is 0.429. The molecule has 4 heteroatoms. The SMILES string of the molecule is ClC1CCCC1CNc1ncnc2ccccc12. The maximum atomic E-state index is 6.29. The second-order valence-corrected chi connectivity index (χ2v) is 5.39. The first-order chi connectivity index (χ1) is 8.84. The quantitative estimate of drug-likeness (QED) is 0.860. The lowest BCUT2D eigenvalue weighted by molar-refractivity contribution is 0.585. The van der Waals surface area contributed by atoms with E-state index in [2.05, 4.69) is 15.3 Å². The van der Waals surface area contributed by atoms with Crippen molar-refractivity contribution in [2.75, 3.05) is 11.9 Å². The lowest BCUT2D eigenvalue weighted by Gasteiger charge is -2.15. The van der Waals surface area contributed by atoms with Gasteiger partial charge in [0.25, 0.3) is 0 Å². The van der Waals surface area contributed by atoms with Gasteiger partial charge in [0.1, 0.15) is 12.1 Å². The van der Waals surface area contributed by atoms with Crippen LogP contribution in [-0.4, -0.2) is 21.9 Å². The maximum Gasteiger partial charge on any atom is 0.137 e. The third-order valence-corrected chi connectivity index (χ3v) is 4.22. The summed E-state index contributed by atoms with van der Waals surface area (Å²) in [7, 11) is 0. The van der Waals surface area contributed by atoms with E-state index in [4.69, 9.17) is 11.6 Å². The lowest BCUT2D eigenvalue weighted by atomic mass is 10.1. The minimum atomic E-state index is 0.311. The minimum Gasteiger partial charge on any atom is -0.369 e. The van der Waals surface area contributed by atoms with Gasteiger partial charge in [0.2, 0.25) is 0 Å². The number of fused-ring (bicyclic) bond motifs is 1. The van der Waals surface area contributed by atoms with Crippen LogP contribution in [0.15, 0.2) is 30.6 Å². The highest BCUT2D eigenvalue weighted by Gasteiger charge is 2.25. The molecule has 1 heterocycles. The van der Waals surface area contributed by atoms with Crippen LogP contribution in [-0.2, 0) is 0 Å². The Bertz CT molecular complexity index is 538. The number of alkyl halides is 1. The zero-order chi connectivity index (χ0) is 12.4. The third-order valence-electron chi connectivity index (χ3n) is 3.64. The number of nitrogens with zero attached hydrogens (tertiary/aromatic N) is 2. The Hall–Kier alpha value is -1.35. The van der Waals surface area contributed by atoms with Gasteiger partial charge in [-0.1, -0.05) is 18.6 Å². The summed E-state index contributed by atoms with van der Waals surface area (Å²) >= 11 is 6.29. The number of anilines is 1. The van der Waals surface area contributed by atoms with Crippen LogP contribution in [0.3, 0.4) is 0 Å².